The summed E-state index contributed by atoms with van der Waals surface area (Å²) in [6.07, 6.45) is 1.36. The highest BCUT2D eigenvalue weighted by molar-refractivity contribution is 8.02. The molecule has 2 amide bonds. The SMILES string of the molecule is CCCCOC(=O)CO/N=C(\C(=O)NC1C(=O)N2C(C(=O)OC(c3ccccc3)c3ccccc3)=C(/C=C/Sc3nn(CC(OCC)OCC)c(=O)c(=O)n3C)CSC12)c1csc(NC(c2ccccc2)(c2ccccc2)c2ccccc2)n1. The maximum atomic E-state index is 15.0. The summed E-state index contributed by atoms with van der Waals surface area (Å²) < 4.78 is 25.0. The van der Waals surface area contributed by atoms with E-state index in [9.17, 15) is 28.8 Å². The zero-order valence-corrected chi connectivity index (χ0v) is 49.0. The van der Waals surface area contributed by atoms with Gasteiger partial charge in [0.15, 0.2) is 28.4 Å². The first kappa shape index (κ1) is 60.2. The number of thioether (sulfide) groups is 2. The van der Waals surface area contributed by atoms with Gasteiger partial charge in [-0.3, -0.25) is 28.6 Å². The van der Waals surface area contributed by atoms with Crippen LogP contribution in [-0.4, -0.2) is 104 Å². The molecule has 9 rings (SSSR count). The first-order valence-electron chi connectivity index (χ1n) is 27.3. The van der Waals surface area contributed by atoms with Crippen LogP contribution in [0.15, 0.2) is 200 Å². The predicted molar refractivity (Wildman–Crippen MR) is 322 cm³/mol. The van der Waals surface area contributed by atoms with Crippen molar-refractivity contribution in [3.63, 3.8) is 0 Å². The van der Waals surface area contributed by atoms with Crippen molar-refractivity contribution in [2.45, 2.75) is 74.7 Å². The van der Waals surface area contributed by atoms with Crippen molar-refractivity contribution in [2.75, 3.05) is 37.5 Å². The van der Waals surface area contributed by atoms with Crippen LogP contribution in [0.3, 0.4) is 0 Å². The molecule has 19 nitrogen and oxygen atoms in total. The molecule has 1 fully saturated rings. The molecule has 2 atom stereocenters. The van der Waals surface area contributed by atoms with Crippen LogP contribution in [0.1, 0.15) is 73.2 Å². The fourth-order valence-electron chi connectivity index (χ4n) is 9.45. The van der Waals surface area contributed by atoms with Crippen LogP contribution in [0.4, 0.5) is 5.13 Å². The van der Waals surface area contributed by atoms with E-state index in [1.165, 1.54) is 35.0 Å². The van der Waals surface area contributed by atoms with Gasteiger partial charge in [-0.05, 0) is 65.1 Å². The molecule has 2 aliphatic rings. The van der Waals surface area contributed by atoms with Crippen LogP contribution < -0.4 is 21.8 Å². The molecule has 1 saturated heterocycles. The van der Waals surface area contributed by atoms with E-state index in [1.807, 2.05) is 159 Å². The van der Waals surface area contributed by atoms with Gasteiger partial charge in [-0.25, -0.2) is 19.3 Å². The topological polar surface area (TPSA) is 224 Å². The first-order chi connectivity index (χ1) is 40.9. The summed E-state index contributed by atoms with van der Waals surface area (Å²) >= 11 is 3.51. The Kier molecular flexibility index (Phi) is 20.6. The Balaban J connectivity index is 1.03. The molecule has 2 unspecified atom stereocenters. The quantitative estimate of drug-likeness (QED) is 0.00566. The van der Waals surface area contributed by atoms with E-state index in [1.54, 1.807) is 30.7 Å². The van der Waals surface area contributed by atoms with Crippen molar-refractivity contribution in [1.82, 2.24) is 29.5 Å². The normalized spacial score (nSPS) is 15.2. The minimum Gasteiger partial charge on any atom is -0.463 e. The summed E-state index contributed by atoms with van der Waals surface area (Å²) in [4.78, 5) is 95.3. The Morgan fingerprint density at radius 2 is 1.37 bits per heavy atom. The molecule has 22 heteroatoms. The molecule has 0 bridgehead atoms. The number of benzene rings is 5. The number of anilines is 1. The third kappa shape index (κ3) is 13.8. The molecule has 84 heavy (non-hydrogen) atoms. The molecular weight excluding hydrogens is 1130 g/mol. The maximum Gasteiger partial charge on any atom is 0.356 e. The molecule has 0 radical (unpaired) electrons. The van der Waals surface area contributed by atoms with Crippen LogP contribution in [0.25, 0.3) is 0 Å². The van der Waals surface area contributed by atoms with E-state index in [0.717, 1.165) is 44.1 Å². The molecule has 0 aliphatic carbocycles. The van der Waals surface area contributed by atoms with Crippen LogP contribution in [0, 0.1) is 0 Å². The van der Waals surface area contributed by atoms with Gasteiger partial charge in [0, 0.05) is 31.4 Å². The summed E-state index contributed by atoms with van der Waals surface area (Å²) in [7, 11) is 1.42. The Hall–Kier alpha value is -8.41. The number of aromatic nitrogens is 4. The highest BCUT2D eigenvalue weighted by Crippen LogP contribution is 2.43. The van der Waals surface area contributed by atoms with Gasteiger partial charge in [-0.2, -0.15) is 0 Å². The van der Waals surface area contributed by atoms with Crippen molar-refractivity contribution < 1.29 is 43.0 Å². The van der Waals surface area contributed by atoms with Crippen LogP contribution in [-0.2, 0) is 62.1 Å². The summed E-state index contributed by atoms with van der Waals surface area (Å²) in [5.41, 5.74) is 1.50. The Labute approximate surface area is 497 Å². The molecule has 2 aromatic heterocycles. The highest BCUT2D eigenvalue weighted by atomic mass is 32.2. The lowest BCUT2D eigenvalue weighted by Gasteiger charge is -2.49. The number of esters is 2. The van der Waals surface area contributed by atoms with E-state index in [2.05, 4.69) is 20.9 Å². The second-order valence-corrected chi connectivity index (χ2v) is 21.9. The number of oxime groups is 1. The fourth-order valence-corrected chi connectivity index (χ4v) is 12.3. The average molecular weight is 1190 g/mol. The van der Waals surface area contributed by atoms with E-state index in [0.29, 0.717) is 41.5 Å². The Morgan fingerprint density at radius 3 is 1.93 bits per heavy atom. The second-order valence-electron chi connectivity index (χ2n) is 19.0. The van der Waals surface area contributed by atoms with Crippen molar-refractivity contribution >= 4 is 69.5 Å². The molecule has 2 N–H and O–H groups in total. The van der Waals surface area contributed by atoms with Crippen LogP contribution in [0.2, 0.25) is 0 Å². The molecule has 2 aliphatic heterocycles. The minimum atomic E-state index is -1.19. The maximum absolute atomic E-state index is 15.0. The standard InChI is InChI=1S/C62H62N8O11S3/c1-5-8-35-79-48(71)38-80-67-50(47-40-84-60(63-47)65-62(44-28-18-11-19-29-44,45-30-20-12-21-31-45)46-32-22-13-23-33-46)54(72)64-51-55(73)70-52(59(76)81-53(41-24-14-9-15-25-41)42-26-16-10-17-27-42)43(39-83-58(51)70)34-36-82-61-66-69(57(75)56(74)68(61)4)37-49(77-6-2)78-7-3/h9-34,36,40,49,51,53,58H,5-8,35,37-39H2,1-4H3,(H,63,65)(H,64,72)/b36-34+,67-50-. The number of carbonyl (C=O) groups excluding carboxylic acids is 4. The van der Waals surface area contributed by atoms with Gasteiger partial charge in [0.1, 0.15) is 28.3 Å². The number of nitrogens with zero attached hydrogens (tertiary/aromatic N) is 6. The van der Waals surface area contributed by atoms with Gasteiger partial charge in [0.25, 0.3) is 11.8 Å². The third-order valence-corrected chi connectivity index (χ3v) is 16.5. The lowest BCUT2D eigenvalue weighted by Crippen LogP contribution is -2.71. The molecule has 7 aromatic rings. The highest BCUT2D eigenvalue weighted by Gasteiger charge is 2.55. The van der Waals surface area contributed by atoms with Gasteiger partial charge in [-0.15, -0.1) is 28.2 Å². The van der Waals surface area contributed by atoms with Crippen LogP contribution >= 0.6 is 34.9 Å². The summed E-state index contributed by atoms with van der Waals surface area (Å²) in [6.45, 7) is 5.56. The van der Waals surface area contributed by atoms with E-state index < -0.39 is 70.8 Å². The molecule has 0 spiro atoms. The van der Waals surface area contributed by atoms with Crippen molar-refractivity contribution in [2.24, 2.45) is 12.2 Å². The first-order valence-corrected chi connectivity index (χ1v) is 30.1. The largest absolute Gasteiger partial charge is 0.463 e. The number of rotatable bonds is 27. The number of nitrogens with one attached hydrogen (secondary N) is 2. The molecule has 4 heterocycles. The number of β-lactam (4-membered cyclic amide) rings is 1. The summed E-state index contributed by atoms with van der Waals surface area (Å²) in [5.74, 6) is -2.84. The van der Waals surface area contributed by atoms with Gasteiger partial charge in [-0.1, -0.05) is 182 Å². The van der Waals surface area contributed by atoms with Crippen LogP contribution in [0.5, 0.6) is 0 Å². The monoisotopic (exact) mass is 1190 g/mol. The van der Waals surface area contributed by atoms with Gasteiger partial charge in [0.05, 0.1) is 13.2 Å². The molecule has 5 aromatic carbocycles. The zero-order chi connectivity index (χ0) is 59.0. The molecule has 434 valence electrons. The predicted octanol–water partition coefficient (Wildman–Crippen LogP) is 8.56. The van der Waals surface area contributed by atoms with E-state index >= 15 is 0 Å². The second kappa shape index (κ2) is 28.7. The number of hydrogen-bond acceptors (Lipinski definition) is 18. The third-order valence-electron chi connectivity index (χ3n) is 13.6. The number of hydrogen-bond donors (Lipinski definition) is 2. The number of amides is 2. The van der Waals surface area contributed by atoms with Gasteiger partial charge in [0.2, 0.25) is 6.61 Å². The van der Waals surface area contributed by atoms with E-state index in [-0.39, 0.29) is 41.2 Å². The lowest BCUT2D eigenvalue weighted by molar-refractivity contribution is -0.154. The average Bonchev–Trinajstić information content (AvgIpc) is 4.20. The van der Waals surface area contributed by atoms with Crippen molar-refractivity contribution in [3.05, 3.63) is 234 Å². The zero-order valence-electron chi connectivity index (χ0n) is 46.5. The number of unbranched alkanes of at least 4 members (excludes halogenated alkanes) is 1. The van der Waals surface area contributed by atoms with Gasteiger partial charge >= 0.3 is 23.1 Å². The number of ether oxygens (including phenoxy) is 4. The molecule has 0 saturated carbocycles. The Bertz CT molecular complexity index is 3480. The van der Waals surface area contributed by atoms with Crippen molar-refractivity contribution in [1.29, 1.82) is 0 Å². The molecular formula is C62H62N8O11S3. The Morgan fingerprint density at radius 1 is 0.798 bits per heavy atom. The summed E-state index contributed by atoms with van der Waals surface area (Å²) in [6, 6.07) is 46.9. The lowest BCUT2D eigenvalue weighted by atomic mass is 9.77. The number of fused-ring (bicyclic) bond motifs is 1. The van der Waals surface area contributed by atoms with Gasteiger partial charge < -0.3 is 34.4 Å². The van der Waals surface area contributed by atoms with Crippen molar-refractivity contribution in [3.8, 4) is 0 Å². The summed E-state index contributed by atoms with van der Waals surface area (Å²) in [5, 5.41) is 18.1. The smallest absolute Gasteiger partial charge is 0.356 e. The minimum absolute atomic E-state index is 0.0705. The number of allylic oxidation sites excluding steroid dienone is 1. The number of thiazole rings is 1. The fraction of sp³-hybridized carbons (Fsp3) is 0.274. The van der Waals surface area contributed by atoms with E-state index in [4.69, 9.17) is 28.8 Å². The number of carbonyl (C=O) groups is 4.